The van der Waals surface area contributed by atoms with Gasteiger partial charge in [-0.25, -0.2) is 4.79 Å². The Morgan fingerprint density at radius 3 is 2.64 bits per heavy atom. The summed E-state index contributed by atoms with van der Waals surface area (Å²) < 4.78 is 16.2. The van der Waals surface area contributed by atoms with Crippen molar-refractivity contribution >= 4 is 16.9 Å². The number of amides is 1. The highest BCUT2D eigenvalue weighted by Gasteiger charge is 2.31. The van der Waals surface area contributed by atoms with E-state index in [-0.39, 0.29) is 10.8 Å². The molecule has 0 aromatic carbocycles. The lowest BCUT2D eigenvalue weighted by Crippen LogP contribution is -2.33. The van der Waals surface area contributed by atoms with Crippen molar-refractivity contribution in [3.05, 3.63) is 0 Å². The van der Waals surface area contributed by atoms with Crippen LogP contribution in [0.1, 0.15) is 20.3 Å². The molecule has 0 aliphatic carbocycles. The summed E-state index contributed by atoms with van der Waals surface area (Å²) >= 11 is 0. The number of carbonyl (C=O) groups is 1. The van der Waals surface area contributed by atoms with Crippen LogP contribution in [0, 0.1) is 0 Å². The fraction of sp³-hybridized carbons (Fsp3) is 0.889. The summed E-state index contributed by atoms with van der Waals surface area (Å²) in [5.74, 6) is 0.544. The summed E-state index contributed by atoms with van der Waals surface area (Å²) in [4.78, 5) is 12.9. The van der Waals surface area contributed by atoms with E-state index in [2.05, 4.69) is 4.74 Å². The summed E-state index contributed by atoms with van der Waals surface area (Å²) in [7, 11) is 0.514. The molecular weight excluding hydrogens is 202 g/mol. The SMILES string of the molecule is COC(=O)N1CCS(=O)C(C)(C)CC1. The number of rotatable bonds is 0. The zero-order valence-electron chi connectivity index (χ0n) is 8.91. The maximum absolute atomic E-state index is 11.7. The second-order valence-electron chi connectivity index (χ2n) is 4.02. The molecule has 0 spiro atoms. The van der Waals surface area contributed by atoms with Crippen molar-refractivity contribution in [1.29, 1.82) is 0 Å². The molecule has 5 heteroatoms. The second-order valence-corrected chi connectivity index (χ2v) is 6.22. The van der Waals surface area contributed by atoms with Gasteiger partial charge in [0.1, 0.15) is 0 Å². The number of ether oxygens (including phenoxy) is 1. The molecule has 0 aromatic heterocycles. The first-order valence-electron chi connectivity index (χ1n) is 4.69. The molecule has 82 valence electrons. The van der Waals surface area contributed by atoms with Crippen molar-refractivity contribution in [2.75, 3.05) is 26.0 Å². The van der Waals surface area contributed by atoms with E-state index in [9.17, 15) is 9.00 Å². The van der Waals surface area contributed by atoms with Crippen LogP contribution in [0.4, 0.5) is 4.79 Å². The van der Waals surface area contributed by atoms with Crippen LogP contribution in [0.2, 0.25) is 0 Å². The first kappa shape index (κ1) is 11.5. The first-order chi connectivity index (χ1) is 6.47. The lowest BCUT2D eigenvalue weighted by molar-refractivity contribution is 0.125. The summed E-state index contributed by atoms with van der Waals surface area (Å²) in [5.41, 5.74) is 0. The summed E-state index contributed by atoms with van der Waals surface area (Å²) in [5, 5.41) is 0. The van der Waals surface area contributed by atoms with Gasteiger partial charge in [0.05, 0.1) is 7.11 Å². The van der Waals surface area contributed by atoms with Gasteiger partial charge in [-0.1, -0.05) is 0 Å². The van der Waals surface area contributed by atoms with E-state index < -0.39 is 10.8 Å². The summed E-state index contributed by atoms with van der Waals surface area (Å²) in [6, 6.07) is 0. The Morgan fingerprint density at radius 1 is 1.43 bits per heavy atom. The predicted molar refractivity (Wildman–Crippen MR) is 55.7 cm³/mol. The molecule has 1 heterocycles. The van der Waals surface area contributed by atoms with Gasteiger partial charge in [-0.2, -0.15) is 0 Å². The number of hydrogen-bond acceptors (Lipinski definition) is 3. The first-order valence-corrected chi connectivity index (χ1v) is 6.00. The van der Waals surface area contributed by atoms with Gasteiger partial charge in [0.25, 0.3) is 0 Å². The van der Waals surface area contributed by atoms with Crippen LogP contribution in [-0.4, -0.2) is 45.9 Å². The van der Waals surface area contributed by atoms with Gasteiger partial charge in [-0.3, -0.25) is 4.21 Å². The Hall–Kier alpha value is -0.580. The third-order valence-corrected chi connectivity index (χ3v) is 4.57. The molecule has 0 aromatic rings. The molecule has 1 atom stereocenters. The highest BCUT2D eigenvalue weighted by atomic mass is 32.2. The Balaban J connectivity index is 2.65. The zero-order valence-corrected chi connectivity index (χ0v) is 9.73. The Bertz CT molecular complexity index is 252. The van der Waals surface area contributed by atoms with Crippen LogP contribution in [0.5, 0.6) is 0 Å². The third-order valence-electron chi connectivity index (χ3n) is 2.58. The van der Waals surface area contributed by atoms with E-state index in [4.69, 9.17) is 0 Å². The van der Waals surface area contributed by atoms with E-state index in [0.717, 1.165) is 6.42 Å². The largest absolute Gasteiger partial charge is 0.453 e. The average Bonchev–Trinajstić information content (AvgIpc) is 2.27. The van der Waals surface area contributed by atoms with Crippen LogP contribution in [-0.2, 0) is 15.5 Å². The molecule has 1 aliphatic heterocycles. The zero-order chi connectivity index (χ0) is 10.8. The minimum Gasteiger partial charge on any atom is -0.453 e. The fourth-order valence-electron chi connectivity index (χ4n) is 1.41. The molecule has 1 fully saturated rings. The molecule has 0 bridgehead atoms. The molecule has 0 saturated carbocycles. The molecule has 0 N–H and O–H groups in total. The van der Waals surface area contributed by atoms with Crippen LogP contribution >= 0.6 is 0 Å². The molecular formula is C9H17NO3S. The molecule has 1 amide bonds. The fourth-order valence-corrected chi connectivity index (χ4v) is 2.67. The highest BCUT2D eigenvalue weighted by Crippen LogP contribution is 2.21. The van der Waals surface area contributed by atoms with E-state index >= 15 is 0 Å². The lowest BCUT2D eigenvalue weighted by Gasteiger charge is -2.21. The van der Waals surface area contributed by atoms with Crippen molar-refractivity contribution in [3.63, 3.8) is 0 Å². The molecule has 1 aliphatic rings. The smallest absolute Gasteiger partial charge is 0.409 e. The normalized spacial score (nSPS) is 26.8. The maximum atomic E-state index is 11.7. The number of hydrogen-bond donors (Lipinski definition) is 0. The van der Waals surface area contributed by atoms with Crippen molar-refractivity contribution in [2.24, 2.45) is 0 Å². The van der Waals surface area contributed by atoms with Crippen molar-refractivity contribution in [1.82, 2.24) is 4.90 Å². The summed E-state index contributed by atoms with van der Waals surface area (Å²) in [6.45, 7) is 5.11. The van der Waals surface area contributed by atoms with Crippen molar-refractivity contribution in [3.8, 4) is 0 Å². The van der Waals surface area contributed by atoms with Gasteiger partial charge in [0, 0.05) is 34.4 Å². The van der Waals surface area contributed by atoms with Crippen molar-refractivity contribution < 1.29 is 13.7 Å². The molecule has 1 saturated heterocycles. The topological polar surface area (TPSA) is 46.6 Å². The predicted octanol–water partition coefficient (Wildman–Crippen LogP) is 0.986. The van der Waals surface area contributed by atoms with E-state index in [1.807, 2.05) is 13.8 Å². The van der Waals surface area contributed by atoms with Gasteiger partial charge in [-0.05, 0) is 20.3 Å². The quantitative estimate of drug-likeness (QED) is 0.610. The summed E-state index contributed by atoms with van der Waals surface area (Å²) in [6.07, 6.45) is 0.439. The molecule has 1 rings (SSSR count). The van der Waals surface area contributed by atoms with Gasteiger partial charge >= 0.3 is 6.09 Å². The second kappa shape index (κ2) is 4.29. The van der Waals surface area contributed by atoms with Crippen molar-refractivity contribution in [2.45, 2.75) is 25.0 Å². The standard InChI is InChI=1S/C9H17NO3S/c1-9(2)4-5-10(8(11)13-3)6-7-14(9)12/h4-7H2,1-3H3. The van der Waals surface area contributed by atoms with Crippen LogP contribution in [0.25, 0.3) is 0 Å². The van der Waals surface area contributed by atoms with Crippen LogP contribution in [0.15, 0.2) is 0 Å². The van der Waals surface area contributed by atoms with E-state index in [1.54, 1.807) is 4.90 Å². The van der Waals surface area contributed by atoms with Gasteiger partial charge in [0.15, 0.2) is 0 Å². The minimum atomic E-state index is -0.857. The number of nitrogens with zero attached hydrogens (tertiary/aromatic N) is 1. The molecule has 14 heavy (non-hydrogen) atoms. The van der Waals surface area contributed by atoms with Gasteiger partial charge < -0.3 is 9.64 Å². The van der Waals surface area contributed by atoms with Gasteiger partial charge in [-0.15, -0.1) is 0 Å². The van der Waals surface area contributed by atoms with Gasteiger partial charge in [0.2, 0.25) is 0 Å². The lowest BCUT2D eigenvalue weighted by atomic mass is 10.1. The molecule has 0 radical (unpaired) electrons. The maximum Gasteiger partial charge on any atom is 0.409 e. The molecule has 4 nitrogen and oxygen atoms in total. The monoisotopic (exact) mass is 219 g/mol. The Morgan fingerprint density at radius 2 is 2.07 bits per heavy atom. The number of methoxy groups -OCH3 is 1. The van der Waals surface area contributed by atoms with Crippen LogP contribution < -0.4 is 0 Å². The molecule has 1 unspecified atom stereocenters. The average molecular weight is 219 g/mol. The minimum absolute atomic E-state index is 0.192. The highest BCUT2D eigenvalue weighted by molar-refractivity contribution is 7.86. The van der Waals surface area contributed by atoms with Crippen LogP contribution in [0.3, 0.4) is 0 Å². The van der Waals surface area contributed by atoms with E-state index in [1.165, 1.54) is 7.11 Å². The van der Waals surface area contributed by atoms with E-state index in [0.29, 0.717) is 18.8 Å². The third kappa shape index (κ3) is 2.47. The Kier molecular flexibility index (Phi) is 3.53. The number of carbonyl (C=O) groups excluding carboxylic acids is 1. The Labute approximate surface area is 87.1 Å².